The van der Waals surface area contributed by atoms with Crippen LogP contribution in [-0.2, 0) is 14.8 Å². The lowest BCUT2D eigenvalue weighted by atomic mass is 10.3. The van der Waals surface area contributed by atoms with Crippen LogP contribution in [0.25, 0.3) is 0 Å². The third-order valence-electron chi connectivity index (χ3n) is 4.24. The monoisotopic (exact) mass is 456 g/mol. The van der Waals surface area contributed by atoms with E-state index in [1.54, 1.807) is 31.3 Å². The van der Waals surface area contributed by atoms with Gasteiger partial charge in [0.1, 0.15) is 12.4 Å². The number of sulfonamides is 1. The number of likely N-dealkylation sites (N-methyl/N-ethyl adjacent to an activating group) is 1. The Morgan fingerprint density at radius 1 is 1.07 bits per heavy atom. The first-order valence-electron chi connectivity index (χ1n) is 9.11. The summed E-state index contributed by atoms with van der Waals surface area (Å²) in [5.41, 5.74) is 0. The number of rotatable bonds is 11. The highest BCUT2D eigenvalue weighted by molar-refractivity contribution is 7.89. The smallest absolute Gasteiger partial charge is 0.240 e. The summed E-state index contributed by atoms with van der Waals surface area (Å²) in [6.45, 7) is 0.570. The molecule has 10 heteroatoms. The molecule has 0 aliphatic heterocycles. The number of hydrogen-bond acceptors (Lipinski definition) is 6. The number of nitrogens with zero attached hydrogens (tertiary/aromatic N) is 1. The van der Waals surface area contributed by atoms with Crippen molar-refractivity contribution in [1.29, 1.82) is 0 Å². The number of carbonyl (C=O) groups is 1. The molecule has 0 fully saturated rings. The largest absolute Gasteiger partial charge is 0.493 e. The lowest BCUT2D eigenvalue weighted by molar-refractivity contribution is -0.130. The summed E-state index contributed by atoms with van der Waals surface area (Å²) >= 11 is 6.01. The summed E-state index contributed by atoms with van der Waals surface area (Å²) in [6, 6.07) is 11.3. The predicted molar refractivity (Wildman–Crippen MR) is 114 cm³/mol. The highest BCUT2D eigenvalue weighted by atomic mass is 35.5. The van der Waals surface area contributed by atoms with E-state index in [-0.39, 0.29) is 30.4 Å². The lowest BCUT2D eigenvalue weighted by Gasteiger charge is -2.18. The van der Waals surface area contributed by atoms with E-state index in [0.717, 1.165) is 0 Å². The van der Waals surface area contributed by atoms with Gasteiger partial charge in [-0.25, -0.2) is 13.1 Å². The number of nitrogens with one attached hydrogen (secondary N) is 1. The highest BCUT2D eigenvalue weighted by Crippen LogP contribution is 2.29. The molecule has 8 nitrogen and oxygen atoms in total. The van der Waals surface area contributed by atoms with E-state index in [0.29, 0.717) is 28.8 Å². The van der Waals surface area contributed by atoms with Crippen LogP contribution >= 0.6 is 11.6 Å². The number of hydrogen-bond donors (Lipinski definition) is 1. The second kappa shape index (κ2) is 11.1. The summed E-state index contributed by atoms with van der Waals surface area (Å²) in [6.07, 6.45) is 0.00904. The zero-order chi connectivity index (χ0) is 22.1. The average Bonchev–Trinajstić information content (AvgIpc) is 2.74. The van der Waals surface area contributed by atoms with E-state index in [4.69, 9.17) is 25.8 Å². The minimum Gasteiger partial charge on any atom is -0.493 e. The quantitative estimate of drug-likeness (QED) is 0.558. The Kier molecular flexibility index (Phi) is 8.76. The molecule has 0 unspecified atom stereocenters. The third kappa shape index (κ3) is 6.51. The van der Waals surface area contributed by atoms with Gasteiger partial charge in [0.15, 0.2) is 11.5 Å². The number of para-hydroxylation sites is 1. The maximum atomic E-state index is 12.4. The van der Waals surface area contributed by atoms with E-state index in [9.17, 15) is 13.2 Å². The van der Waals surface area contributed by atoms with Crippen molar-refractivity contribution in [3.63, 3.8) is 0 Å². The van der Waals surface area contributed by atoms with Gasteiger partial charge in [0.05, 0.1) is 30.7 Å². The van der Waals surface area contributed by atoms with Crippen LogP contribution in [0.5, 0.6) is 17.2 Å². The van der Waals surface area contributed by atoms with Gasteiger partial charge in [-0.2, -0.15) is 0 Å². The second-order valence-corrected chi connectivity index (χ2v) is 8.43. The fraction of sp³-hybridized carbons (Fsp3) is 0.350. The number of halogens is 1. The van der Waals surface area contributed by atoms with Gasteiger partial charge in [-0.05, 0) is 24.3 Å². The third-order valence-corrected chi connectivity index (χ3v) is 6.01. The first kappa shape index (κ1) is 23.8. The summed E-state index contributed by atoms with van der Waals surface area (Å²) in [5.74, 6) is 1.05. The van der Waals surface area contributed by atoms with Gasteiger partial charge in [0.25, 0.3) is 0 Å². The summed E-state index contributed by atoms with van der Waals surface area (Å²) in [7, 11) is 0.720. The van der Waals surface area contributed by atoms with Crippen molar-refractivity contribution >= 4 is 27.5 Å². The molecule has 164 valence electrons. The summed E-state index contributed by atoms with van der Waals surface area (Å²) in [5, 5.41) is 0.496. The van der Waals surface area contributed by atoms with Crippen LogP contribution in [0.1, 0.15) is 6.42 Å². The Hall–Kier alpha value is -2.49. The van der Waals surface area contributed by atoms with Crippen LogP contribution < -0.4 is 18.9 Å². The van der Waals surface area contributed by atoms with E-state index >= 15 is 0 Å². The molecule has 0 bridgehead atoms. The van der Waals surface area contributed by atoms with Gasteiger partial charge in [0, 0.05) is 26.1 Å². The molecule has 2 aromatic carbocycles. The van der Waals surface area contributed by atoms with Crippen molar-refractivity contribution in [2.75, 3.05) is 41.0 Å². The van der Waals surface area contributed by atoms with Crippen LogP contribution in [0, 0.1) is 0 Å². The molecule has 0 aliphatic rings. The molecule has 2 rings (SSSR count). The zero-order valence-corrected chi connectivity index (χ0v) is 18.6. The van der Waals surface area contributed by atoms with Crippen LogP contribution in [0.4, 0.5) is 0 Å². The first-order valence-corrected chi connectivity index (χ1v) is 11.0. The molecule has 1 amide bonds. The maximum absolute atomic E-state index is 12.4. The molecule has 0 saturated carbocycles. The van der Waals surface area contributed by atoms with Crippen molar-refractivity contribution in [2.45, 2.75) is 11.3 Å². The molecule has 1 N–H and O–H groups in total. The van der Waals surface area contributed by atoms with Crippen LogP contribution in [0.3, 0.4) is 0 Å². The molecule has 0 radical (unpaired) electrons. The fourth-order valence-corrected chi connectivity index (χ4v) is 3.77. The molecular weight excluding hydrogens is 432 g/mol. The Morgan fingerprint density at radius 3 is 2.43 bits per heavy atom. The number of methoxy groups -OCH3 is 2. The van der Waals surface area contributed by atoms with Crippen molar-refractivity contribution in [2.24, 2.45) is 0 Å². The van der Waals surface area contributed by atoms with Crippen molar-refractivity contribution < 1.29 is 27.4 Å². The molecule has 2 aromatic rings. The van der Waals surface area contributed by atoms with Gasteiger partial charge < -0.3 is 19.1 Å². The molecule has 0 aliphatic carbocycles. The van der Waals surface area contributed by atoms with Gasteiger partial charge in [-0.3, -0.25) is 4.79 Å². The summed E-state index contributed by atoms with van der Waals surface area (Å²) in [4.78, 5) is 13.7. The molecule has 0 atom stereocenters. The SMILES string of the molecule is COc1ccc(S(=O)(=O)NCCC(=O)N(C)CCOc2ccccc2Cl)cc1OC. The summed E-state index contributed by atoms with van der Waals surface area (Å²) < 4.78 is 43.1. The number of benzene rings is 2. The van der Waals surface area contributed by atoms with Crippen molar-refractivity contribution in [3.8, 4) is 17.2 Å². The minimum atomic E-state index is -3.79. The topological polar surface area (TPSA) is 94.2 Å². The molecule has 0 heterocycles. The van der Waals surface area contributed by atoms with Crippen LogP contribution in [0.15, 0.2) is 47.4 Å². The van der Waals surface area contributed by atoms with E-state index in [2.05, 4.69) is 4.72 Å². The average molecular weight is 457 g/mol. The molecular formula is C20H25ClN2O6S. The van der Waals surface area contributed by atoms with Gasteiger partial charge in [-0.1, -0.05) is 23.7 Å². The van der Waals surface area contributed by atoms with E-state index < -0.39 is 10.0 Å². The zero-order valence-electron chi connectivity index (χ0n) is 17.1. The molecule has 30 heavy (non-hydrogen) atoms. The van der Waals surface area contributed by atoms with Crippen LogP contribution in [-0.4, -0.2) is 60.2 Å². The van der Waals surface area contributed by atoms with E-state index in [1.165, 1.54) is 37.3 Å². The molecule has 0 spiro atoms. The standard InChI is InChI=1S/C20H25ClN2O6S/c1-23(12-13-29-17-7-5-4-6-16(17)21)20(24)10-11-22-30(25,26)15-8-9-18(27-2)19(14-15)28-3/h4-9,14,22H,10-13H2,1-3H3. The van der Waals surface area contributed by atoms with Crippen molar-refractivity contribution in [3.05, 3.63) is 47.5 Å². The second-order valence-electron chi connectivity index (χ2n) is 6.26. The molecule has 0 saturated heterocycles. The maximum Gasteiger partial charge on any atom is 0.240 e. The first-order chi connectivity index (χ1) is 14.3. The van der Waals surface area contributed by atoms with Crippen LogP contribution in [0.2, 0.25) is 5.02 Å². The Labute approximate surface area is 181 Å². The normalized spacial score (nSPS) is 11.1. The van der Waals surface area contributed by atoms with Gasteiger partial charge >= 0.3 is 0 Å². The Bertz CT molecular complexity index is 968. The molecule has 0 aromatic heterocycles. The number of carbonyl (C=O) groups excluding carboxylic acids is 1. The van der Waals surface area contributed by atoms with E-state index in [1.807, 2.05) is 0 Å². The lowest BCUT2D eigenvalue weighted by Crippen LogP contribution is -2.34. The van der Waals surface area contributed by atoms with Gasteiger partial charge in [-0.15, -0.1) is 0 Å². The minimum absolute atomic E-state index is 0.00904. The van der Waals surface area contributed by atoms with Gasteiger partial charge in [0.2, 0.25) is 15.9 Å². The number of amides is 1. The van der Waals surface area contributed by atoms with Crippen molar-refractivity contribution in [1.82, 2.24) is 9.62 Å². The Balaban J connectivity index is 1.82. The number of ether oxygens (including phenoxy) is 3. The predicted octanol–water partition coefficient (Wildman–Crippen LogP) is 2.56. The highest BCUT2D eigenvalue weighted by Gasteiger charge is 2.18. The fourth-order valence-electron chi connectivity index (χ4n) is 2.53. The Morgan fingerprint density at radius 2 is 1.77 bits per heavy atom.